The number of halogens is 2. The highest BCUT2D eigenvalue weighted by molar-refractivity contribution is 8.22. The molecule has 1 saturated heterocycles. The predicted octanol–water partition coefficient (Wildman–Crippen LogP) is 5.19. The number of amides is 2. The third-order valence-corrected chi connectivity index (χ3v) is 6.65. The number of nitrogens with one attached hydrogen (secondary N) is 2. The lowest BCUT2D eigenvalue weighted by Gasteiger charge is -2.28. The third kappa shape index (κ3) is 6.94. The number of hydrogen-bond donors (Lipinski definition) is 2. The Balaban J connectivity index is 1.54. The topological polar surface area (TPSA) is 83.8 Å². The Labute approximate surface area is 221 Å². The number of rotatable bonds is 6. The molecule has 2 aromatic carbocycles. The molecule has 2 N–H and O–H groups in total. The van der Waals surface area contributed by atoms with Crippen LogP contribution in [0.3, 0.4) is 0 Å². The zero-order valence-corrected chi connectivity index (χ0v) is 21.2. The van der Waals surface area contributed by atoms with Crippen LogP contribution in [0.25, 0.3) is 6.08 Å². The third-order valence-electron chi connectivity index (χ3n) is 5.05. The van der Waals surface area contributed by atoms with E-state index in [2.05, 4.69) is 10.6 Å². The molecular weight excluding hydrogens is 525 g/mol. The predicted molar refractivity (Wildman–Crippen MR) is 141 cm³/mol. The highest BCUT2D eigenvalue weighted by Gasteiger charge is 2.19. The van der Waals surface area contributed by atoms with E-state index in [9.17, 15) is 14.0 Å². The minimum atomic E-state index is -0.741. The normalized spacial score (nSPS) is 13.8. The summed E-state index contributed by atoms with van der Waals surface area (Å²) in [5.74, 6) is -1.66. The summed E-state index contributed by atoms with van der Waals surface area (Å²) in [4.78, 5) is 27.8. The Morgan fingerprint density at radius 3 is 2.56 bits per heavy atom. The van der Waals surface area contributed by atoms with E-state index in [4.69, 9.17) is 33.0 Å². The van der Waals surface area contributed by atoms with E-state index >= 15 is 0 Å². The number of anilines is 1. The number of carbonyl (C=O) groups excluding carboxylic acids is 2. The molecule has 0 aliphatic carbocycles. The minimum Gasteiger partial charge on any atom is -0.450 e. The monoisotopic (exact) mass is 545 g/mol. The van der Waals surface area contributed by atoms with Crippen LogP contribution in [0.15, 0.2) is 75.9 Å². The van der Waals surface area contributed by atoms with Gasteiger partial charge in [0.15, 0.2) is 5.09 Å². The van der Waals surface area contributed by atoms with Gasteiger partial charge in [-0.15, -0.1) is 0 Å². The molecule has 186 valence electrons. The Bertz CT molecular complexity index is 1290. The highest BCUT2D eigenvalue weighted by atomic mass is 35.5. The molecule has 11 heteroatoms. The Hall–Kier alpha value is -3.18. The maximum Gasteiger partial charge on any atom is 0.272 e. The van der Waals surface area contributed by atoms with E-state index < -0.39 is 17.6 Å². The summed E-state index contributed by atoms with van der Waals surface area (Å²) in [7, 11) is 0. The molecule has 1 aliphatic rings. The summed E-state index contributed by atoms with van der Waals surface area (Å²) in [6, 6.07) is 15.6. The summed E-state index contributed by atoms with van der Waals surface area (Å²) < 4.78 is 26.1. The second-order valence-electron chi connectivity index (χ2n) is 7.58. The SMILES string of the molecule is O=C(Nc1ccc(Cl)cc1F)/C(=C/c1ccc(SC(=S)N2CCOCC2)o1)NC(=O)c1ccccc1. The molecule has 0 radical (unpaired) electrons. The van der Waals surface area contributed by atoms with Gasteiger partial charge in [-0.2, -0.15) is 0 Å². The average Bonchev–Trinajstić information content (AvgIpc) is 3.32. The first kappa shape index (κ1) is 25.9. The van der Waals surface area contributed by atoms with Crippen LogP contribution in [0.4, 0.5) is 10.1 Å². The Morgan fingerprint density at radius 1 is 1.08 bits per heavy atom. The maximum absolute atomic E-state index is 14.3. The number of thioether (sulfide) groups is 1. The summed E-state index contributed by atoms with van der Waals surface area (Å²) in [6.07, 6.45) is 1.37. The molecule has 1 fully saturated rings. The number of carbonyl (C=O) groups is 2. The van der Waals surface area contributed by atoms with Crippen molar-refractivity contribution in [2.75, 3.05) is 31.6 Å². The molecule has 0 saturated carbocycles. The van der Waals surface area contributed by atoms with E-state index in [0.29, 0.717) is 47.0 Å². The van der Waals surface area contributed by atoms with Crippen molar-refractivity contribution in [2.45, 2.75) is 5.09 Å². The molecule has 1 aromatic heterocycles. The van der Waals surface area contributed by atoms with E-state index in [1.807, 2.05) is 4.90 Å². The van der Waals surface area contributed by atoms with Crippen molar-refractivity contribution in [1.29, 1.82) is 0 Å². The lowest BCUT2D eigenvalue weighted by atomic mass is 10.2. The van der Waals surface area contributed by atoms with Crippen molar-refractivity contribution in [3.05, 3.63) is 88.5 Å². The van der Waals surface area contributed by atoms with E-state index in [0.717, 1.165) is 6.07 Å². The van der Waals surface area contributed by atoms with Crippen LogP contribution in [0.5, 0.6) is 0 Å². The number of morpholine rings is 1. The van der Waals surface area contributed by atoms with E-state index in [1.54, 1.807) is 42.5 Å². The standard InChI is InChI=1S/C25H21ClFN3O4S2/c26-17-6-8-20(19(27)14-17)28-24(32)21(29-23(31)16-4-2-1-3-5-16)15-18-7-9-22(34-18)36-25(35)30-10-12-33-13-11-30/h1-9,14-15H,10-13H2,(H,28,32)(H,29,31)/b21-15-. The van der Waals surface area contributed by atoms with Crippen LogP contribution < -0.4 is 10.6 Å². The fraction of sp³-hybridized carbons (Fsp3) is 0.160. The van der Waals surface area contributed by atoms with Crippen LogP contribution in [0.1, 0.15) is 16.1 Å². The van der Waals surface area contributed by atoms with Gasteiger partial charge in [0.25, 0.3) is 11.8 Å². The first-order valence-corrected chi connectivity index (χ1v) is 12.5. The van der Waals surface area contributed by atoms with Gasteiger partial charge in [-0.1, -0.05) is 42.0 Å². The number of thiocarbonyl (C=S) groups is 1. The van der Waals surface area contributed by atoms with Crippen molar-refractivity contribution in [3.8, 4) is 0 Å². The fourth-order valence-electron chi connectivity index (χ4n) is 3.23. The van der Waals surface area contributed by atoms with Gasteiger partial charge >= 0.3 is 0 Å². The van der Waals surface area contributed by atoms with Gasteiger partial charge in [0.1, 0.15) is 21.6 Å². The van der Waals surface area contributed by atoms with Crippen molar-refractivity contribution < 1.29 is 23.1 Å². The number of nitrogens with zero attached hydrogens (tertiary/aromatic N) is 1. The quantitative estimate of drug-likeness (QED) is 0.250. The zero-order valence-electron chi connectivity index (χ0n) is 18.8. The molecule has 3 aromatic rings. The summed E-state index contributed by atoms with van der Waals surface area (Å²) in [6.45, 7) is 2.63. The first-order chi connectivity index (χ1) is 17.4. The Kier molecular flexibility index (Phi) is 8.76. The van der Waals surface area contributed by atoms with Crippen LogP contribution in [-0.4, -0.2) is 47.3 Å². The lowest BCUT2D eigenvalue weighted by molar-refractivity contribution is -0.113. The highest BCUT2D eigenvalue weighted by Crippen LogP contribution is 2.26. The molecule has 1 aliphatic heterocycles. The van der Waals surface area contributed by atoms with Gasteiger partial charge in [-0.25, -0.2) is 4.39 Å². The molecular formula is C25H21ClFN3O4S2. The maximum atomic E-state index is 14.3. The van der Waals surface area contributed by atoms with Gasteiger partial charge in [0, 0.05) is 29.8 Å². The number of benzene rings is 2. The molecule has 0 bridgehead atoms. The van der Waals surface area contributed by atoms with Crippen LogP contribution >= 0.6 is 35.6 Å². The second-order valence-corrected chi connectivity index (χ2v) is 9.66. The van der Waals surface area contributed by atoms with Crippen LogP contribution in [-0.2, 0) is 9.53 Å². The minimum absolute atomic E-state index is 0.0872. The molecule has 7 nitrogen and oxygen atoms in total. The van der Waals surface area contributed by atoms with Crippen molar-refractivity contribution >= 4 is 63.5 Å². The molecule has 2 heterocycles. The summed E-state index contributed by atoms with van der Waals surface area (Å²) in [5.41, 5.74) is 0.121. The molecule has 4 rings (SSSR count). The number of ether oxygens (including phenoxy) is 1. The fourth-order valence-corrected chi connectivity index (χ4v) is 4.57. The van der Waals surface area contributed by atoms with Gasteiger partial charge < -0.3 is 24.7 Å². The number of furan rings is 1. The van der Waals surface area contributed by atoms with Crippen molar-refractivity contribution in [1.82, 2.24) is 10.2 Å². The average molecular weight is 546 g/mol. The second kappa shape index (κ2) is 12.2. The smallest absolute Gasteiger partial charge is 0.272 e. The van der Waals surface area contributed by atoms with E-state index in [-0.39, 0.29) is 16.4 Å². The molecule has 0 unspecified atom stereocenters. The van der Waals surface area contributed by atoms with Crippen molar-refractivity contribution in [3.63, 3.8) is 0 Å². The van der Waals surface area contributed by atoms with Gasteiger partial charge in [-0.05, 0) is 54.2 Å². The molecule has 36 heavy (non-hydrogen) atoms. The van der Waals surface area contributed by atoms with Crippen LogP contribution in [0, 0.1) is 5.82 Å². The summed E-state index contributed by atoms with van der Waals surface area (Å²) in [5, 5.41) is 5.75. The van der Waals surface area contributed by atoms with Gasteiger partial charge in [0.2, 0.25) is 0 Å². The lowest BCUT2D eigenvalue weighted by Crippen LogP contribution is -2.38. The van der Waals surface area contributed by atoms with E-state index in [1.165, 1.54) is 30.0 Å². The molecule has 2 amide bonds. The molecule has 0 atom stereocenters. The zero-order chi connectivity index (χ0) is 25.5. The summed E-state index contributed by atoms with van der Waals surface area (Å²) >= 11 is 12.6. The number of hydrogen-bond acceptors (Lipinski definition) is 6. The van der Waals surface area contributed by atoms with Gasteiger partial charge in [0.05, 0.1) is 18.9 Å². The molecule has 0 spiro atoms. The van der Waals surface area contributed by atoms with Gasteiger partial charge in [-0.3, -0.25) is 9.59 Å². The van der Waals surface area contributed by atoms with Crippen LogP contribution in [0.2, 0.25) is 5.02 Å². The first-order valence-electron chi connectivity index (χ1n) is 10.9. The largest absolute Gasteiger partial charge is 0.450 e. The Morgan fingerprint density at radius 2 is 1.83 bits per heavy atom. The van der Waals surface area contributed by atoms with Crippen molar-refractivity contribution in [2.24, 2.45) is 0 Å².